The van der Waals surface area contributed by atoms with Crippen LogP contribution in [0.3, 0.4) is 0 Å². The number of nitro groups is 1. The molecule has 0 saturated heterocycles. The van der Waals surface area contributed by atoms with E-state index < -0.39 is 22.5 Å². The van der Waals surface area contributed by atoms with Crippen LogP contribution < -0.4 is 24.4 Å². The standard InChI is InChI=1S/C32H28ClN3O7S/c1-5-42-31(38)28-19(3)34-32-35(29(28)21-12-10-18(2)24(16-21)36(39)40)30(37)27(44-32)15-20-11-13-25(26(14-20)41-4)43-17-22-8-6-7-9-23(22)33/h6-16,29H,5,17H2,1-4H3/b27-15+/t29-/m1/s1. The van der Waals surface area contributed by atoms with Crippen LogP contribution in [-0.4, -0.2) is 29.2 Å². The van der Waals surface area contributed by atoms with Gasteiger partial charge < -0.3 is 14.2 Å². The number of carbonyl (C=O) groups excluding carboxylic acids is 1. The Kier molecular flexibility index (Phi) is 8.98. The number of benzene rings is 3. The Bertz CT molecular complexity index is 2000. The second-order valence-electron chi connectivity index (χ2n) is 9.90. The summed E-state index contributed by atoms with van der Waals surface area (Å²) in [7, 11) is 1.52. The smallest absolute Gasteiger partial charge is 0.338 e. The molecule has 0 amide bonds. The van der Waals surface area contributed by atoms with Crippen LogP contribution in [0.1, 0.15) is 42.1 Å². The predicted molar refractivity (Wildman–Crippen MR) is 167 cm³/mol. The lowest BCUT2D eigenvalue weighted by molar-refractivity contribution is -0.385. The van der Waals surface area contributed by atoms with Crippen LogP contribution in [-0.2, 0) is 16.1 Å². The molecule has 2 heterocycles. The van der Waals surface area contributed by atoms with Crippen molar-refractivity contribution in [3.8, 4) is 11.5 Å². The van der Waals surface area contributed by atoms with E-state index in [1.807, 2.05) is 18.2 Å². The summed E-state index contributed by atoms with van der Waals surface area (Å²) in [6.07, 6.45) is 1.70. The molecule has 5 rings (SSSR count). The van der Waals surface area contributed by atoms with Gasteiger partial charge in [0.2, 0.25) is 0 Å². The van der Waals surface area contributed by atoms with Crippen molar-refractivity contribution in [3.05, 3.63) is 129 Å². The molecule has 0 N–H and O–H groups in total. The number of rotatable bonds is 9. The molecule has 1 aromatic heterocycles. The quantitative estimate of drug-likeness (QED) is 0.140. The first-order valence-electron chi connectivity index (χ1n) is 13.6. The third-order valence-electron chi connectivity index (χ3n) is 7.09. The van der Waals surface area contributed by atoms with E-state index in [0.29, 0.717) is 48.2 Å². The number of nitrogens with zero attached hydrogens (tertiary/aromatic N) is 3. The number of nitro benzene ring substituents is 1. The predicted octanol–water partition coefficient (Wildman–Crippen LogP) is 5.26. The Morgan fingerprint density at radius 2 is 1.91 bits per heavy atom. The van der Waals surface area contributed by atoms with Gasteiger partial charge in [-0.15, -0.1) is 0 Å². The molecule has 10 nitrogen and oxygen atoms in total. The zero-order chi connectivity index (χ0) is 31.5. The fraction of sp³-hybridized carbons (Fsp3) is 0.219. The lowest BCUT2D eigenvalue weighted by atomic mass is 9.94. The molecule has 226 valence electrons. The summed E-state index contributed by atoms with van der Waals surface area (Å²) in [5, 5.41) is 12.3. The van der Waals surface area contributed by atoms with Gasteiger partial charge in [0.15, 0.2) is 16.3 Å². The van der Waals surface area contributed by atoms with Gasteiger partial charge >= 0.3 is 5.97 Å². The van der Waals surface area contributed by atoms with Gasteiger partial charge in [-0.1, -0.05) is 59.3 Å². The molecule has 0 spiro atoms. The topological polar surface area (TPSA) is 122 Å². The Labute approximate surface area is 261 Å². The fourth-order valence-corrected chi connectivity index (χ4v) is 6.15. The molecule has 1 aliphatic heterocycles. The number of hydrogen-bond donors (Lipinski definition) is 0. The van der Waals surface area contributed by atoms with Crippen LogP contribution in [0.4, 0.5) is 5.69 Å². The number of esters is 1. The van der Waals surface area contributed by atoms with Crippen LogP contribution in [0.2, 0.25) is 5.02 Å². The van der Waals surface area contributed by atoms with E-state index in [0.717, 1.165) is 16.9 Å². The first-order valence-corrected chi connectivity index (χ1v) is 14.8. The molecule has 1 aliphatic rings. The van der Waals surface area contributed by atoms with E-state index >= 15 is 0 Å². The summed E-state index contributed by atoms with van der Waals surface area (Å²) in [6.45, 7) is 5.32. The van der Waals surface area contributed by atoms with E-state index in [2.05, 4.69) is 4.99 Å². The van der Waals surface area contributed by atoms with Crippen LogP contribution in [0.5, 0.6) is 11.5 Å². The highest BCUT2D eigenvalue weighted by Gasteiger charge is 2.34. The molecule has 0 aliphatic carbocycles. The fourth-order valence-electron chi connectivity index (χ4n) is 4.92. The number of fused-ring (bicyclic) bond motifs is 1. The number of aryl methyl sites for hydroxylation is 1. The molecular formula is C32H28ClN3O7S. The molecule has 0 saturated carbocycles. The number of aromatic nitrogens is 1. The maximum atomic E-state index is 13.9. The molecule has 1 atom stereocenters. The van der Waals surface area contributed by atoms with Crippen LogP contribution in [0, 0.1) is 17.0 Å². The number of hydrogen-bond acceptors (Lipinski definition) is 9. The Morgan fingerprint density at radius 3 is 2.61 bits per heavy atom. The minimum absolute atomic E-state index is 0.112. The normalized spacial score (nSPS) is 14.6. The number of carbonyl (C=O) groups is 1. The average molecular weight is 634 g/mol. The van der Waals surface area contributed by atoms with Crippen molar-refractivity contribution < 1.29 is 23.9 Å². The molecule has 4 aromatic rings. The summed E-state index contributed by atoms with van der Waals surface area (Å²) < 4.78 is 18.6. The average Bonchev–Trinajstić information content (AvgIpc) is 3.30. The molecule has 0 radical (unpaired) electrons. The summed E-state index contributed by atoms with van der Waals surface area (Å²) in [6, 6.07) is 16.4. The first kappa shape index (κ1) is 30.7. The molecule has 44 heavy (non-hydrogen) atoms. The number of allylic oxidation sites excluding steroid dienone is 1. The number of methoxy groups -OCH3 is 1. The largest absolute Gasteiger partial charge is 0.493 e. The Hall–Kier alpha value is -4.74. The van der Waals surface area contributed by atoms with Gasteiger partial charge in [0.1, 0.15) is 6.61 Å². The van der Waals surface area contributed by atoms with E-state index in [4.69, 9.17) is 25.8 Å². The molecule has 0 fully saturated rings. The Balaban J connectivity index is 1.58. The molecule has 0 unspecified atom stereocenters. The minimum Gasteiger partial charge on any atom is -0.493 e. The minimum atomic E-state index is -0.970. The van der Waals surface area contributed by atoms with Crippen molar-refractivity contribution in [1.82, 2.24) is 4.57 Å². The monoisotopic (exact) mass is 633 g/mol. The lowest BCUT2D eigenvalue weighted by Crippen LogP contribution is -2.40. The highest BCUT2D eigenvalue weighted by molar-refractivity contribution is 7.07. The number of halogens is 1. The van der Waals surface area contributed by atoms with Crippen molar-refractivity contribution in [1.29, 1.82) is 0 Å². The molecule has 0 bridgehead atoms. The van der Waals surface area contributed by atoms with Crippen LogP contribution in [0.25, 0.3) is 6.08 Å². The van der Waals surface area contributed by atoms with Crippen molar-refractivity contribution in [3.63, 3.8) is 0 Å². The summed E-state index contributed by atoms with van der Waals surface area (Å²) in [5.41, 5.74) is 2.33. The van der Waals surface area contributed by atoms with Crippen molar-refractivity contribution >= 4 is 40.7 Å². The second-order valence-corrected chi connectivity index (χ2v) is 11.3. The van der Waals surface area contributed by atoms with E-state index in [1.165, 1.54) is 17.7 Å². The van der Waals surface area contributed by atoms with Gasteiger partial charge in [-0.3, -0.25) is 19.5 Å². The molecule has 3 aromatic carbocycles. The van der Waals surface area contributed by atoms with Crippen molar-refractivity contribution in [2.75, 3.05) is 13.7 Å². The van der Waals surface area contributed by atoms with Crippen LogP contribution >= 0.6 is 22.9 Å². The molecule has 12 heteroatoms. The third kappa shape index (κ3) is 6.01. The van der Waals surface area contributed by atoms with Gasteiger partial charge in [-0.05, 0) is 56.2 Å². The van der Waals surface area contributed by atoms with Crippen molar-refractivity contribution in [2.24, 2.45) is 4.99 Å². The lowest BCUT2D eigenvalue weighted by Gasteiger charge is -2.24. The third-order valence-corrected chi connectivity index (χ3v) is 8.44. The van der Waals surface area contributed by atoms with E-state index in [1.54, 1.807) is 63.2 Å². The maximum Gasteiger partial charge on any atom is 0.338 e. The van der Waals surface area contributed by atoms with Gasteiger partial charge in [0, 0.05) is 22.2 Å². The molecular weight excluding hydrogens is 606 g/mol. The number of ether oxygens (including phenoxy) is 3. The highest BCUT2D eigenvalue weighted by Crippen LogP contribution is 2.34. The van der Waals surface area contributed by atoms with E-state index in [-0.39, 0.29) is 24.5 Å². The van der Waals surface area contributed by atoms with Gasteiger partial charge in [-0.25, -0.2) is 9.79 Å². The van der Waals surface area contributed by atoms with Crippen LogP contribution in [0.15, 0.2) is 81.7 Å². The van der Waals surface area contributed by atoms with Gasteiger partial charge in [0.25, 0.3) is 11.2 Å². The SMILES string of the molecule is CCOC(=O)C1=C(C)N=c2s/c(=C/c3ccc(OCc4ccccc4Cl)c(OC)c3)c(=O)n2[C@@H]1c1ccc(C)c([N+](=O)[O-])c1. The van der Waals surface area contributed by atoms with Gasteiger partial charge in [0.05, 0.1) is 40.5 Å². The van der Waals surface area contributed by atoms with Crippen molar-refractivity contribution in [2.45, 2.75) is 33.4 Å². The maximum absolute atomic E-state index is 13.9. The summed E-state index contributed by atoms with van der Waals surface area (Å²) >= 11 is 7.40. The first-order chi connectivity index (χ1) is 21.1. The number of thiazole rings is 1. The van der Waals surface area contributed by atoms with Gasteiger partial charge in [-0.2, -0.15) is 0 Å². The van der Waals surface area contributed by atoms with E-state index in [9.17, 15) is 19.7 Å². The highest BCUT2D eigenvalue weighted by atomic mass is 35.5. The second kappa shape index (κ2) is 12.9. The Morgan fingerprint density at radius 1 is 1.14 bits per heavy atom. The zero-order valence-corrected chi connectivity index (χ0v) is 25.9. The summed E-state index contributed by atoms with van der Waals surface area (Å²) in [5.74, 6) is 0.318. The zero-order valence-electron chi connectivity index (χ0n) is 24.3. The summed E-state index contributed by atoms with van der Waals surface area (Å²) in [4.78, 5) is 43.3.